The van der Waals surface area contributed by atoms with Gasteiger partial charge in [0, 0.05) is 5.56 Å². The highest BCUT2D eigenvalue weighted by atomic mass is 35.5. The van der Waals surface area contributed by atoms with Crippen molar-refractivity contribution in [3.63, 3.8) is 0 Å². The summed E-state index contributed by atoms with van der Waals surface area (Å²) in [5.41, 5.74) is -3.41. The van der Waals surface area contributed by atoms with Gasteiger partial charge in [-0.05, 0) is 13.0 Å². The molecule has 1 N–H and O–H groups in total. The molecule has 3 nitrogen and oxygen atoms in total. The zero-order valence-corrected chi connectivity index (χ0v) is 7.76. The zero-order valence-electron chi connectivity index (χ0n) is 7.01. The third kappa shape index (κ3) is 1.96. The molecule has 0 radical (unpaired) electrons. The Hall–Kier alpha value is -0.880. The molecular weight excluding hydrogens is 221 g/mol. The van der Waals surface area contributed by atoms with Crippen molar-refractivity contribution >= 4 is 11.6 Å². The van der Waals surface area contributed by atoms with E-state index in [9.17, 15) is 18.3 Å². The second-order valence-corrected chi connectivity index (χ2v) is 3.22. The molecule has 0 amide bonds. The van der Waals surface area contributed by atoms with E-state index < -0.39 is 17.3 Å². The van der Waals surface area contributed by atoms with E-state index >= 15 is 0 Å². The van der Waals surface area contributed by atoms with Gasteiger partial charge in [-0.3, -0.25) is 0 Å². The van der Waals surface area contributed by atoms with Crippen LogP contribution in [0.3, 0.4) is 0 Å². The molecule has 0 aliphatic carbocycles. The molecule has 0 saturated heterocycles. The maximum absolute atomic E-state index is 12.3. The fourth-order valence-electron chi connectivity index (χ4n) is 0.771. The molecule has 14 heavy (non-hydrogen) atoms. The van der Waals surface area contributed by atoms with Crippen LogP contribution in [0.5, 0.6) is 0 Å². The van der Waals surface area contributed by atoms with E-state index in [1.807, 2.05) is 0 Å². The van der Waals surface area contributed by atoms with E-state index in [1.165, 1.54) is 0 Å². The van der Waals surface area contributed by atoms with Crippen LogP contribution in [0.15, 0.2) is 12.3 Å². The highest BCUT2D eigenvalue weighted by molar-refractivity contribution is 6.29. The molecule has 0 spiro atoms. The number of aromatic nitrogens is 2. The fourth-order valence-corrected chi connectivity index (χ4v) is 0.932. The van der Waals surface area contributed by atoms with E-state index in [4.69, 9.17) is 11.6 Å². The lowest BCUT2D eigenvalue weighted by atomic mass is 9.98. The third-order valence-electron chi connectivity index (χ3n) is 1.74. The molecule has 0 bridgehead atoms. The molecule has 1 aromatic heterocycles. The van der Waals surface area contributed by atoms with Gasteiger partial charge in [-0.25, -0.2) is 0 Å². The molecule has 0 aliphatic rings. The number of hydrogen-bond donors (Lipinski definition) is 1. The van der Waals surface area contributed by atoms with Crippen molar-refractivity contribution in [3.8, 4) is 0 Å². The summed E-state index contributed by atoms with van der Waals surface area (Å²) in [6.07, 6.45) is -3.96. The van der Waals surface area contributed by atoms with E-state index in [2.05, 4.69) is 10.2 Å². The molecule has 0 fully saturated rings. The Balaban J connectivity index is 3.16. The monoisotopic (exact) mass is 226 g/mol. The predicted molar refractivity (Wildman–Crippen MR) is 42.7 cm³/mol. The Labute approximate surface area is 82.5 Å². The minimum atomic E-state index is -4.78. The first-order valence-electron chi connectivity index (χ1n) is 3.53. The fraction of sp³-hybridized carbons (Fsp3) is 0.429. The van der Waals surface area contributed by atoms with Gasteiger partial charge in [0.25, 0.3) is 0 Å². The molecule has 78 valence electrons. The van der Waals surface area contributed by atoms with Gasteiger partial charge in [0.1, 0.15) is 0 Å². The molecule has 1 unspecified atom stereocenters. The molecular formula is C7H6ClF3N2O. The highest BCUT2D eigenvalue weighted by Gasteiger charge is 2.51. The van der Waals surface area contributed by atoms with E-state index in [-0.39, 0.29) is 5.15 Å². The number of aliphatic hydroxyl groups is 1. The summed E-state index contributed by atoms with van der Waals surface area (Å²) in [4.78, 5) is 0. The normalized spacial score (nSPS) is 16.4. The van der Waals surface area contributed by atoms with Gasteiger partial charge in [-0.2, -0.15) is 18.3 Å². The highest BCUT2D eigenvalue weighted by Crippen LogP contribution is 2.38. The summed E-state index contributed by atoms with van der Waals surface area (Å²) in [5, 5.41) is 15.5. The summed E-state index contributed by atoms with van der Waals surface area (Å²) in [6.45, 7) is 0.625. The van der Waals surface area contributed by atoms with Crippen LogP contribution in [0.1, 0.15) is 12.5 Å². The van der Waals surface area contributed by atoms with Crippen LogP contribution in [-0.4, -0.2) is 21.5 Å². The average Bonchev–Trinajstić information content (AvgIpc) is 2.02. The predicted octanol–water partition coefficient (Wildman–Crippen LogP) is 1.90. The van der Waals surface area contributed by atoms with Crippen molar-refractivity contribution in [2.45, 2.75) is 18.7 Å². The van der Waals surface area contributed by atoms with Gasteiger partial charge in [-0.1, -0.05) is 11.6 Å². The Bertz CT molecular complexity index is 340. The first-order valence-corrected chi connectivity index (χ1v) is 3.91. The summed E-state index contributed by atoms with van der Waals surface area (Å²) < 4.78 is 36.9. The van der Waals surface area contributed by atoms with Crippen LogP contribution in [0, 0.1) is 0 Å². The van der Waals surface area contributed by atoms with Crippen molar-refractivity contribution in [3.05, 3.63) is 23.0 Å². The topological polar surface area (TPSA) is 46.0 Å². The number of rotatable bonds is 1. The van der Waals surface area contributed by atoms with Crippen LogP contribution in [0.2, 0.25) is 5.15 Å². The van der Waals surface area contributed by atoms with Crippen molar-refractivity contribution in [2.24, 2.45) is 0 Å². The lowest BCUT2D eigenvalue weighted by Gasteiger charge is -2.25. The summed E-state index contributed by atoms with van der Waals surface area (Å²) in [7, 11) is 0. The second-order valence-electron chi connectivity index (χ2n) is 2.84. The molecule has 0 aliphatic heterocycles. The summed E-state index contributed by atoms with van der Waals surface area (Å²) in [5.74, 6) is 0. The minimum Gasteiger partial charge on any atom is -0.376 e. The summed E-state index contributed by atoms with van der Waals surface area (Å²) in [6, 6.07) is 0.919. The van der Waals surface area contributed by atoms with Crippen LogP contribution >= 0.6 is 11.6 Å². The zero-order chi connectivity index (χ0) is 11.0. The molecule has 1 aromatic rings. The lowest BCUT2D eigenvalue weighted by molar-refractivity contribution is -0.259. The largest absolute Gasteiger partial charge is 0.421 e. The maximum Gasteiger partial charge on any atom is 0.421 e. The molecule has 1 heterocycles. The Morgan fingerprint density at radius 2 is 2.00 bits per heavy atom. The van der Waals surface area contributed by atoms with Crippen LogP contribution in [-0.2, 0) is 5.60 Å². The van der Waals surface area contributed by atoms with Crippen molar-refractivity contribution in [1.82, 2.24) is 10.2 Å². The second kappa shape index (κ2) is 3.36. The quantitative estimate of drug-likeness (QED) is 0.796. The number of alkyl halides is 3. The van der Waals surface area contributed by atoms with E-state index in [0.717, 1.165) is 12.3 Å². The van der Waals surface area contributed by atoms with Crippen molar-refractivity contribution in [2.75, 3.05) is 0 Å². The van der Waals surface area contributed by atoms with E-state index in [1.54, 1.807) is 0 Å². The van der Waals surface area contributed by atoms with E-state index in [0.29, 0.717) is 6.92 Å². The molecule has 1 atom stereocenters. The Kier molecular flexibility index (Phi) is 2.69. The smallest absolute Gasteiger partial charge is 0.376 e. The third-order valence-corrected chi connectivity index (χ3v) is 1.92. The van der Waals surface area contributed by atoms with Crippen LogP contribution in [0.25, 0.3) is 0 Å². The maximum atomic E-state index is 12.3. The van der Waals surface area contributed by atoms with Gasteiger partial charge in [-0.15, -0.1) is 5.10 Å². The van der Waals surface area contributed by atoms with Gasteiger partial charge < -0.3 is 5.11 Å². The number of halogens is 4. The molecule has 1 rings (SSSR count). The number of nitrogens with zero attached hydrogens (tertiary/aromatic N) is 2. The standard InChI is InChI=1S/C7H6ClF3N2O/c1-6(14,7(9,10)11)4-2-5(8)13-12-3-4/h2-3,14H,1H3. The van der Waals surface area contributed by atoms with Gasteiger partial charge in [0.15, 0.2) is 10.8 Å². The Morgan fingerprint density at radius 3 is 2.43 bits per heavy atom. The lowest BCUT2D eigenvalue weighted by Crippen LogP contribution is -2.39. The van der Waals surface area contributed by atoms with Crippen molar-refractivity contribution in [1.29, 1.82) is 0 Å². The molecule has 0 saturated carbocycles. The molecule has 0 aromatic carbocycles. The Morgan fingerprint density at radius 1 is 1.43 bits per heavy atom. The molecule has 7 heteroatoms. The first kappa shape index (κ1) is 11.2. The SMILES string of the molecule is CC(O)(c1cnnc(Cl)c1)C(F)(F)F. The van der Waals surface area contributed by atoms with Gasteiger partial charge in [0.05, 0.1) is 6.20 Å². The average molecular weight is 227 g/mol. The first-order chi connectivity index (χ1) is 6.25. The van der Waals surface area contributed by atoms with Crippen molar-refractivity contribution < 1.29 is 18.3 Å². The minimum absolute atomic E-state index is 0.202. The summed E-state index contributed by atoms with van der Waals surface area (Å²) >= 11 is 5.35. The van der Waals surface area contributed by atoms with Crippen LogP contribution in [0.4, 0.5) is 13.2 Å². The number of hydrogen-bond acceptors (Lipinski definition) is 3. The van der Waals surface area contributed by atoms with Gasteiger partial charge in [0.2, 0.25) is 0 Å². The van der Waals surface area contributed by atoms with Gasteiger partial charge >= 0.3 is 6.18 Å². The van der Waals surface area contributed by atoms with Crippen LogP contribution < -0.4 is 0 Å².